The quantitative estimate of drug-likeness (QED) is 0.845. The normalized spacial score (nSPS) is 34.6. The van der Waals surface area contributed by atoms with E-state index >= 15 is 0 Å². The van der Waals surface area contributed by atoms with E-state index in [1.807, 2.05) is 24.3 Å². The molecule has 4 fully saturated rings. The summed E-state index contributed by atoms with van der Waals surface area (Å²) in [4.78, 5) is 11.5. The first-order valence-corrected chi connectivity index (χ1v) is 9.08. The van der Waals surface area contributed by atoms with Crippen LogP contribution >= 0.6 is 0 Å². The summed E-state index contributed by atoms with van der Waals surface area (Å²) >= 11 is 0. The van der Waals surface area contributed by atoms with Crippen molar-refractivity contribution in [3.8, 4) is 0 Å². The van der Waals surface area contributed by atoms with Crippen molar-refractivity contribution >= 4 is 5.97 Å². The standard InChI is InChI=1S/C20H27NO2/c1-23-19(22)18-4-2-14(3-5-18)6-7-21-20-11-15-8-16(12-20)10-17(9-15)13-20/h2-5,15-17,21H,6-13H2,1H3. The maximum Gasteiger partial charge on any atom is 0.337 e. The summed E-state index contributed by atoms with van der Waals surface area (Å²) in [7, 11) is 1.42. The van der Waals surface area contributed by atoms with Crippen molar-refractivity contribution in [2.24, 2.45) is 17.8 Å². The molecule has 0 amide bonds. The summed E-state index contributed by atoms with van der Waals surface area (Å²) in [6, 6.07) is 7.83. The second-order valence-electron chi connectivity index (χ2n) is 8.06. The van der Waals surface area contributed by atoms with Gasteiger partial charge in [-0.15, -0.1) is 0 Å². The van der Waals surface area contributed by atoms with Crippen molar-refractivity contribution in [1.82, 2.24) is 5.32 Å². The van der Waals surface area contributed by atoms with E-state index in [0.717, 1.165) is 30.7 Å². The van der Waals surface area contributed by atoms with E-state index in [9.17, 15) is 4.79 Å². The summed E-state index contributed by atoms with van der Waals surface area (Å²) in [6.45, 7) is 1.05. The molecule has 1 N–H and O–H groups in total. The topological polar surface area (TPSA) is 38.3 Å². The predicted molar refractivity (Wildman–Crippen MR) is 90.4 cm³/mol. The van der Waals surface area contributed by atoms with Crippen LogP contribution < -0.4 is 5.32 Å². The SMILES string of the molecule is COC(=O)c1ccc(CCNC23CC4CC(CC(C4)C2)C3)cc1. The number of ether oxygens (including phenoxy) is 1. The van der Waals surface area contributed by atoms with Gasteiger partial charge in [0.05, 0.1) is 12.7 Å². The van der Waals surface area contributed by atoms with Crippen LogP contribution in [0.1, 0.15) is 54.4 Å². The van der Waals surface area contributed by atoms with Gasteiger partial charge in [0, 0.05) is 5.54 Å². The Labute approximate surface area is 138 Å². The zero-order valence-corrected chi connectivity index (χ0v) is 14.0. The number of hydrogen-bond donors (Lipinski definition) is 1. The first kappa shape index (κ1) is 15.2. The van der Waals surface area contributed by atoms with Crippen LogP contribution in [0.15, 0.2) is 24.3 Å². The third-order valence-electron chi connectivity index (χ3n) is 6.33. The molecule has 124 valence electrons. The van der Waals surface area contributed by atoms with Crippen LogP contribution in [0.25, 0.3) is 0 Å². The molecule has 0 saturated heterocycles. The number of hydrogen-bond acceptors (Lipinski definition) is 3. The number of rotatable bonds is 5. The van der Waals surface area contributed by atoms with E-state index in [4.69, 9.17) is 4.74 Å². The number of carbonyl (C=O) groups excluding carboxylic acids is 1. The molecule has 0 spiro atoms. The highest BCUT2D eigenvalue weighted by molar-refractivity contribution is 5.89. The zero-order valence-electron chi connectivity index (χ0n) is 14.0. The van der Waals surface area contributed by atoms with Crippen LogP contribution in [0.4, 0.5) is 0 Å². The number of carbonyl (C=O) groups is 1. The largest absolute Gasteiger partial charge is 0.465 e. The Hall–Kier alpha value is -1.35. The first-order chi connectivity index (χ1) is 11.2. The van der Waals surface area contributed by atoms with Gasteiger partial charge in [-0.3, -0.25) is 0 Å². The second-order valence-corrected chi connectivity index (χ2v) is 8.06. The number of nitrogens with one attached hydrogen (secondary N) is 1. The maximum atomic E-state index is 11.5. The Kier molecular flexibility index (Phi) is 3.92. The van der Waals surface area contributed by atoms with Crippen LogP contribution in [-0.4, -0.2) is 25.2 Å². The molecular weight excluding hydrogens is 286 g/mol. The Bertz CT molecular complexity index is 543. The van der Waals surface area contributed by atoms with Crippen LogP contribution in [0, 0.1) is 17.8 Å². The molecule has 3 nitrogen and oxygen atoms in total. The molecule has 1 aromatic rings. The van der Waals surface area contributed by atoms with Crippen molar-refractivity contribution in [2.75, 3.05) is 13.7 Å². The summed E-state index contributed by atoms with van der Waals surface area (Å²) in [6.07, 6.45) is 9.73. The molecule has 4 aliphatic carbocycles. The van der Waals surface area contributed by atoms with Crippen molar-refractivity contribution in [3.05, 3.63) is 35.4 Å². The number of methoxy groups -OCH3 is 1. The molecule has 0 heterocycles. The molecule has 4 aliphatic rings. The lowest BCUT2D eigenvalue weighted by Gasteiger charge is -2.57. The van der Waals surface area contributed by atoms with E-state index < -0.39 is 0 Å². The smallest absolute Gasteiger partial charge is 0.337 e. The molecule has 4 saturated carbocycles. The van der Waals surface area contributed by atoms with Crippen molar-refractivity contribution in [3.63, 3.8) is 0 Å². The highest BCUT2D eigenvalue weighted by Gasteiger charge is 2.50. The van der Waals surface area contributed by atoms with E-state index in [1.54, 1.807) is 0 Å². The van der Waals surface area contributed by atoms with Gasteiger partial charge in [0.25, 0.3) is 0 Å². The Morgan fingerprint density at radius 1 is 1.09 bits per heavy atom. The van der Waals surface area contributed by atoms with Crippen molar-refractivity contribution in [1.29, 1.82) is 0 Å². The minimum absolute atomic E-state index is 0.261. The number of esters is 1. The summed E-state index contributed by atoms with van der Waals surface area (Å²) in [5, 5.41) is 3.93. The molecule has 0 radical (unpaired) electrons. The van der Waals surface area contributed by atoms with E-state index in [2.05, 4.69) is 5.32 Å². The van der Waals surface area contributed by atoms with Crippen LogP contribution in [0.2, 0.25) is 0 Å². The molecule has 0 unspecified atom stereocenters. The van der Waals surface area contributed by atoms with E-state index in [1.165, 1.54) is 51.2 Å². The summed E-state index contributed by atoms with van der Waals surface area (Å²) in [5.74, 6) is 2.72. The highest BCUT2D eigenvalue weighted by atomic mass is 16.5. The molecule has 3 heteroatoms. The fourth-order valence-electron chi connectivity index (χ4n) is 5.72. The van der Waals surface area contributed by atoms with E-state index in [0.29, 0.717) is 11.1 Å². The maximum absolute atomic E-state index is 11.5. The van der Waals surface area contributed by atoms with Crippen LogP contribution in [0.5, 0.6) is 0 Å². The van der Waals surface area contributed by atoms with Crippen LogP contribution in [0.3, 0.4) is 0 Å². The van der Waals surface area contributed by atoms with Gasteiger partial charge in [-0.2, -0.15) is 0 Å². The zero-order chi connectivity index (χ0) is 15.9. The lowest BCUT2D eigenvalue weighted by molar-refractivity contribution is -0.0192. The Balaban J connectivity index is 1.33. The Morgan fingerprint density at radius 3 is 2.17 bits per heavy atom. The average molecular weight is 313 g/mol. The van der Waals surface area contributed by atoms with Gasteiger partial charge in [0.2, 0.25) is 0 Å². The Morgan fingerprint density at radius 2 is 1.65 bits per heavy atom. The molecule has 0 aliphatic heterocycles. The van der Waals surface area contributed by atoms with Gasteiger partial charge in [0.1, 0.15) is 0 Å². The van der Waals surface area contributed by atoms with Gasteiger partial charge in [0.15, 0.2) is 0 Å². The van der Waals surface area contributed by atoms with Crippen LogP contribution in [-0.2, 0) is 11.2 Å². The summed E-state index contributed by atoms with van der Waals surface area (Å²) in [5.41, 5.74) is 2.36. The molecule has 0 aromatic heterocycles. The van der Waals surface area contributed by atoms with Gasteiger partial charge in [-0.25, -0.2) is 4.79 Å². The lowest BCUT2D eigenvalue weighted by atomic mass is 9.53. The lowest BCUT2D eigenvalue weighted by Crippen LogP contribution is -2.58. The number of benzene rings is 1. The van der Waals surface area contributed by atoms with Crippen molar-refractivity contribution < 1.29 is 9.53 Å². The van der Waals surface area contributed by atoms with Gasteiger partial charge in [-0.1, -0.05) is 12.1 Å². The summed E-state index contributed by atoms with van der Waals surface area (Å²) < 4.78 is 4.74. The minimum Gasteiger partial charge on any atom is -0.465 e. The molecular formula is C20H27NO2. The fraction of sp³-hybridized carbons (Fsp3) is 0.650. The molecule has 1 aromatic carbocycles. The molecule has 4 bridgehead atoms. The van der Waals surface area contributed by atoms with Gasteiger partial charge >= 0.3 is 5.97 Å². The van der Waals surface area contributed by atoms with E-state index in [-0.39, 0.29) is 5.97 Å². The van der Waals surface area contributed by atoms with Crippen molar-refractivity contribution in [2.45, 2.75) is 50.5 Å². The second kappa shape index (κ2) is 5.94. The van der Waals surface area contributed by atoms with Gasteiger partial charge in [-0.05, 0) is 86.9 Å². The minimum atomic E-state index is -0.261. The first-order valence-electron chi connectivity index (χ1n) is 9.08. The third kappa shape index (κ3) is 3.03. The molecule has 5 rings (SSSR count). The average Bonchev–Trinajstić information content (AvgIpc) is 2.53. The van der Waals surface area contributed by atoms with Gasteiger partial charge < -0.3 is 10.1 Å². The molecule has 23 heavy (non-hydrogen) atoms. The predicted octanol–water partition coefficient (Wildman–Crippen LogP) is 3.57. The monoisotopic (exact) mass is 313 g/mol. The fourth-order valence-corrected chi connectivity index (χ4v) is 5.72. The molecule has 0 atom stereocenters. The third-order valence-corrected chi connectivity index (χ3v) is 6.33. The highest BCUT2D eigenvalue weighted by Crippen LogP contribution is 2.55.